The average Bonchev–Trinajstić information content (AvgIpc) is 2.73. The summed E-state index contributed by atoms with van der Waals surface area (Å²) in [6, 6.07) is 11.6. The lowest BCUT2D eigenvalue weighted by atomic mass is 10.1. The molecule has 1 aromatic heterocycles. The molecule has 0 radical (unpaired) electrons. The van der Waals surface area contributed by atoms with Crippen LogP contribution in [0.3, 0.4) is 0 Å². The van der Waals surface area contributed by atoms with Crippen molar-refractivity contribution < 1.29 is 9.15 Å². The van der Waals surface area contributed by atoms with E-state index in [1.54, 1.807) is 0 Å². The fraction of sp³-hybridized carbons (Fsp3) is 0.200. The maximum absolute atomic E-state index is 5.79. The minimum absolute atomic E-state index is 0.706. The average molecular weight is 241 g/mol. The molecule has 0 aliphatic carbocycles. The Morgan fingerprint density at radius 3 is 2.89 bits per heavy atom. The quantitative estimate of drug-likeness (QED) is 0.706. The lowest BCUT2D eigenvalue weighted by molar-refractivity contribution is 0.321. The van der Waals surface area contributed by atoms with Crippen molar-refractivity contribution in [2.45, 2.75) is 13.3 Å². The molecule has 1 heterocycles. The van der Waals surface area contributed by atoms with Crippen molar-refractivity contribution in [1.29, 1.82) is 0 Å². The molecule has 0 saturated carbocycles. The van der Waals surface area contributed by atoms with E-state index in [0.29, 0.717) is 12.3 Å². The van der Waals surface area contributed by atoms with Gasteiger partial charge in [-0.15, -0.1) is 0 Å². The molecule has 0 amide bonds. The lowest BCUT2D eigenvalue weighted by Gasteiger charge is -2.05. The zero-order valence-corrected chi connectivity index (χ0v) is 10.3. The van der Waals surface area contributed by atoms with Gasteiger partial charge in [-0.2, -0.15) is 0 Å². The number of nitrogens with two attached hydrogens (primary N) is 1. The van der Waals surface area contributed by atoms with E-state index in [9.17, 15) is 0 Å². The Morgan fingerprint density at radius 1 is 1.17 bits per heavy atom. The molecule has 0 aliphatic heterocycles. The van der Waals surface area contributed by atoms with Gasteiger partial charge in [-0.1, -0.05) is 13.0 Å². The van der Waals surface area contributed by atoms with Crippen LogP contribution < -0.4 is 10.5 Å². The largest absolute Gasteiger partial charge is 0.493 e. The summed E-state index contributed by atoms with van der Waals surface area (Å²) < 4.78 is 11.6. The topological polar surface area (TPSA) is 48.4 Å². The second-order valence-corrected chi connectivity index (χ2v) is 4.34. The van der Waals surface area contributed by atoms with E-state index in [1.165, 1.54) is 0 Å². The highest BCUT2D eigenvalue weighted by Gasteiger charge is 2.11. The van der Waals surface area contributed by atoms with Crippen molar-refractivity contribution in [3.63, 3.8) is 0 Å². The molecule has 3 nitrogen and oxygen atoms in total. The van der Waals surface area contributed by atoms with Crippen LogP contribution in [0.15, 0.2) is 40.8 Å². The van der Waals surface area contributed by atoms with Gasteiger partial charge in [-0.05, 0) is 30.7 Å². The normalized spacial score (nSPS) is 11.2. The smallest absolute Gasteiger partial charge is 0.139 e. The number of fused-ring (bicyclic) bond motifs is 3. The number of rotatable bonds is 3. The van der Waals surface area contributed by atoms with E-state index < -0.39 is 0 Å². The molecule has 0 fully saturated rings. The van der Waals surface area contributed by atoms with Gasteiger partial charge in [-0.25, -0.2) is 0 Å². The number of benzene rings is 2. The highest BCUT2D eigenvalue weighted by atomic mass is 16.5. The molecule has 2 N–H and O–H groups in total. The van der Waals surface area contributed by atoms with Crippen LogP contribution in [0.25, 0.3) is 21.9 Å². The van der Waals surface area contributed by atoms with Gasteiger partial charge >= 0.3 is 0 Å². The summed E-state index contributed by atoms with van der Waals surface area (Å²) in [6.07, 6.45) is 0.985. The third-order valence-corrected chi connectivity index (χ3v) is 2.94. The predicted molar refractivity (Wildman–Crippen MR) is 73.9 cm³/mol. The van der Waals surface area contributed by atoms with Crippen molar-refractivity contribution in [2.24, 2.45) is 0 Å². The maximum atomic E-state index is 5.79. The summed E-state index contributed by atoms with van der Waals surface area (Å²) in [7, 11) is 0. The number of hydrogen-bond donors (Lipinski definition) is 1. The summed E-state index contributed by atoms with van der Waals surface area (Å²) in [5.41, 5.74) is 8.12. The Hall–Kier alpha value is -2.16. The molecule has 3 heteroatoms. The lowest BCUT2D eigenvalue weighted by Crippen LogP contribution is -1.94. The molecule has 0 bridgehead atoms. The van der Waals surface area contributed by atoms with Gasteiger partial charge in [0, 0.05) is 17.1 Å². The Morgan fingerprint density at radius 2 is 2.06 bits per heavy atom. The van der Waals surface area contributed by atoms with Crippen LogP contribution in [0.5, 0.6) is 5.75 Å². The fourth-order valence-electron chi connectivity index (χ4n) is 2.14. The van der Waals surface area contributed by atoms with E-state index in [2.05, 4.69) is 6.92 Å². The van der Waals surface area contributed by atoms with E-state index in [4.69, 9.17) is 14.9 Å². The molecule has 0 aliphatic rings. The maximum Gasteiger partial charge on any atom is 0.139 e. The number of hydrogen-bond acceptors (Lipinski definition) is 3. The van der Waals surface area contributed by atoms with Gasteiger partial charge in [0.25, 0.3) is 0 Å². The Labute approximate surface area is 105 Å². The zero-order chi connectivity index (χ0) is 12.5. The van der Waals surface area contributed by atoms with Crippen LogP contribution in [0.1, 0.15) is 13.3 Å². The van der Waals surface area contributed by atoms with Crippen molar-refractivity contribution in [3.8, 4) is 5.75 Å². The summed E-state index contributed by atoms with van der Waals surface area (Å²) in [5.74, 6) is 0.873. The standard InChI is InChI=1S/C15H15NO2/c1-2-8-17-12-4-3-5-13-15(12)11-7-6-10(16)9-14(11)18-13/h3-7,9H,2,8,16H2,1H3. The first-order chi connectivity index (χ1) is 8.79. The molecule has 0 spiro atoms. The number of anilines is 1. The number of furan rings is 1. The van der Waals surface area contributed by atoms with E-state index in [0.717, 1.165) is 34.1 Å². The van der Waals surface area contributed by atoms with Crippen LogP contribution >= 0.6 is 0 Å². The Balaban J connectivity index is 2.27. The molecule has 0 atom stereocenters. The summed E-state index contributed by atoms with van der Waals surface area (Å²) in [6.45, 7) is 2.80. The molecule has 3 rings (SSSR count). The SMILES string of the molecule is CCCOc1cccc2oc3cc(N)ccc3c12. The molecule has 0 unspecified atom stereocenters. The minimum Gasteiger partial charge on any atom is -0.493 e. The van der Waals surface area contributed by atoms with E-state index in [1.807, 2.05) is 36.4 Å². The zero-order valence-electron chi connectivity index (χ0n) is 10.3. The van der Waals surface area contributed by atoms with Crippen molar-refractivity contribution in [3.05, 3.63) is 36.4 Å². The first kappa shape index (κ1) is 11.0. The molecule has 0 saturated heterocycles. The second kappa shape index (κ2) is 4.26. The van der Waals surface area contributed by atoms with Crippen LogP contribution in [0.4, 0.5) is 5.69 Å². The summed E-state index contributed by atoms with van der Waals surface area (Å²) in [4.78, 5) is 0. The summed E-state index contributed by atoms with van der Waals surface area (Å²) in [5, 5.41) is 2.08. The second-order valence-electron chi connectivity index (χ2n) is 4.34. The number of nitrogen functional groups attached to an aromatic ring is 1. The van der Waals surface area contributed by atoms with Crippen molar-refractivity contribution in [2.75, 3.05) is 12.3 Å². The Kier molecular flexibility index (Phi) is 2.59. The van der Waals surface area contributed by atoms with Gasteiger partial charge in [-0.3, -0.25) is 0 Å². The van der Waals surface area contributed by atoms with Gasteiger partial charge < -0.3 is 14.9 Å². The third-order valence-electron chi connectivity index (χ3n) is 2.94. The molecular weight excluding hydrogens is 226 g/mol. The van der Waals surface area contributed by atoms with E-state index >= 15 is 0 Å². The Bertz CT molecular complexity index is 700. The predicted octanol–water partition coefficient (Wildman–Crippen LogP) is 3.96. The minimum atomic E-state index is 0.706. The first-order valence-corrected chi connectivity index (χ1v) is 6.13. The van der Waals surface area contributed by atoms with Crippen LogP contribution in [0, 0.1) is 0 Å². The highest BCUT2D eigenvalue weighted by Crippen LogP contribution is 2.36. The fourth-order valence-corrected chi connectivity index (χ4v) is 2.14. The van der Waals surface area contributed by atoms with Crippen LogP contribution in [-0.2, 0) is 0 Å². The molecule has 92 valence electrons. The van der Waals surface area contributed by atoms with Gasteiger partial charge in [0.15, 0.2) is 0 Å². The van der Waals surface area contributed by atoms with Gasteiger partial charge in [0.2, 0.25) is 0 Å². The van der Waals surface area contributed by atoms with Gasteiger partial charge in [0.05, 0.1) is 12.0 Å². The molecule has 3 aromatic rings. The highest BCUT2D eigenvalue weighted by molar-refractivity contribution is 6.08. The van der Waals surface area contributed by atoms with Crippen molar-refractivity contribution >= 4 is 27.6 Å². The van der Waals surface area contributed by atoms with Crippen LogP contribution in [-0.4, -0.2) is 6.61 Å². The number of ether oxygens (including phenoxy) is 1. The monoisotopic (exact) mass is 241 g/mol. The van der Waals surface area contributed by atoms with E-state index in [-0.39, 0.29) is 0 Å². The first-order valence-electron chi connectivity index (χ1n) is 6.13. The van der Waals surface area contributed by atoms with Crippen LogP contribution in [0.2, 0.25) is 0 Å². The molecule has 18 heavy (non-hydrogen) atoms. The molecule has 2 aromatic carbocycles. The van der Waals surface area contributed by atoms with Crippen molar-refractivity contribution in [1.82, 2.24) is 0 Å². The third kappa shape index (κ3) is 1.68. The molecular formula is C15H15NO2. The van der Waals surface area contributed by atoms with Gasteiger partial charge in [0.1, 0.15) is 16.9 Å². The summed E-state index contributed by atoms with van der Waals surface area (Å²) >= 11 is 0.